The summed E-state index contributed by atoms with van der Waals surface area (Å²) in [4.78, 5) is 37.6. The Kier molecular flexibility index (Phi) is 8.73. The zero-order valence-corrected chi connectivity index (χ0v) is 21.6. The van der Waals surface area contributed by atoms with Crippen molar-refractivity contribution in [1.29, 1.82) is 0 Å². The van der Waals surface area contributed by atoms with Gasteiger partial charge >= 0.3 is 5.97 Å². The lowest BCUT2D eigenvalue weighted by molar-refractivity contribution is -0.142. The Labute approximate surface area is 218 Å². The molecular formula is C25H22Cl2N2O6S. The first kappa shape index (κ1) is 27.2. The lowest BCUT2D eigenvalue weighted by Gasteiger charge is -2.18. The molecule has 0 bridgehead atoms. The van der Waals surface area contributed by atoms with Crippen LogP contribution in [0.3, 0.4) is 0 Å². The van der Waals surface area contributed by atoms with E-state index in [9.17, 15) is 22.8 Å². The maximum Gasteiger partial charge on any atom is 0.328 e. The molecule has 2 amide bonds. The van der Waals surface area contributed by atoms with Crippen LogP contribution in [0.15, 0.2) is 71.6 Å². The summed E-state index contributed by atoms with van der Waals surface area (Å²) in [6.07, 6.45) is 1.06. The molecule has 0 unspecified atom stereocenters. The number of hydrogen-bond donors (Lipinski definition) is 2. The summed E-state index contributed by atoms with van der Waals surface area (Å²) in [5, 5.41) is 5.68. The van der Waals surface area contributed by atoms with Crippen molar-refractivity contribution >= 4 is 56.5 Å². The van der Waals surface area contributed by atoms with Gasteiger partial charge in [0.05, 0.1) is 33.2 Å². The van der Waals surface area contributed by atoms with Gasteiger partial charge in [0, 0.05) is 18.4 Å². The van der Waals surface area contributed by atoms with E-state index >= 15 is 0 Å². The fourth-order valence-electron chi connectivity index (χ4n) is 3.42. The zero-order valence-electron chi connectivity index (χ0n) is 19.2. The topological polar surface area (TPSA) is 119 Å². The molecule has 11 heteroatoms. The average Bonchev–Trinajstić information content (AvgIpc) is 2.83. The lowest BCUT2D eigenvalue weighted by atomic mass is 10.0. The van der Waals surface area contributed by atoms with Crippen molar-refractivity contribution in [1.82, 2.24) is 5.32 Å². The molecule has 1 atom stereocenters. The Balaban J connectivity index is 1.75. The third-order valence-corrected chi connectivity index (χ3v) is 6.95. The molecule has 3 aromatic rings. The van der Waals surface area contributed by atoms with Crippen molar-refractivity contribution in [2.24, 2.45) is 0 Å². The second-order valence-electron chi connectivity index (χ2n) is 7.77. The SMILES string of the molecule is COC(=O)[C@H](Cc1ccc(NC(=O)c2c(Cl)cccc2Cl)cc1)NC(=O)c1ccccc1S(C)(=O)=O. The molecule has 2 N–H and O–H groups in total. The van der Waals surface area contributed by atoms with Gasteiger partial charge < -0.3 is 15.4 Å². The van der Waals surface area contributed by atoms with E-state index in [1.54, 1.807) is 42.5 Å². The number of carbonyl (C=O) groups excluding carboxylic acids is 3. The highest BCUT2D eigenvalue weighted by Gasteiger charge is 2.25. The highest BCUT2D eigenvalue weighted by Crippen LogP contribution is 2.25. The molecule has 8 nitrogen and oxygen atoms in total. The van der Waals surface area contributed by atoms with E-state index in [1.807, 2.05) is 0 Å². The van der Waals surface area contributed by atoms with Crippen LogP contribution < -0.4 is 10.6 Å². The third-order valence-electron chi connectivity index (χ3n) is 5.16. The highest BCUT2D eigenvalue weighted by molar-refractivity contribution is 7.90. The first-order valence-electron chi connectivity index (χ1n) is 10.5. The predicted octanol–water partition coefficient (Wildman–Crippen LogP) is 4.16. The van der Waals surface area contributed by atoms with E-state index in [2.05, 4.69) is 10.6 Å². The molecule has 0 aliphatic heterocycles. The molecule has 0 aliphatic carbocycles. The molecule has 36 heavy (non-hydrogen) atoms. The number of benzene rings is 3. The minimum absolute atomic E-state index is 0.0595. The van der Waals surface area contributed by atoms with Crippen LogP contribution in [0.2, 0.25) is 10.0 Å². The van der Waals surface area contributed by atoms with Crippen LogP contribution in [0.4, 0.5) is 5.69 Å². The lowest BCUT2D eigenvalue weighted by Crippen LogP contribution is -2.43. The van der Waals surface area contributed by atoms with Gasteiger partial charge in [0.15, 0.2) is 9.84 Å². The van der Waals surface area contributed by atoms with Gasteiger partial charge in [0.25, 0.3) is 11.8 Å². The number of ether oxygens (including phenoxy) is 1. The van der Waals surface area contributed by atoms with Crippen molar-refractivity contribution < 1.29 is 27.5 Å². The van der Waals surface area contributed by atoms with Crippen LogP contribution in [0.1, 0.15) is 26.3 Å². The quantitative estimate of drug-likeness (QED) is 0.408. The van der Waals surface area contributed by atoms with Crippen LogP contribution in [0, 0.1) is 0 Å². The predicted molar refractivity (Wildman–Crippen MR) is 137 cm³/mol. The molecule has 0 aromatic heterocycles. The smallest absolute Gasteiger partial charge is 0.328 e. The first-order chi connectivity index (χ1) is 17.0. The van der Waals surface area contributed by atoms with Gasteiger partial charge in [-0.15, -0.1) is 0 Å². The summed E-state index contributed by atoms with van der Waals surface area (Å²) < 4.78 is 28.9. The van der Waals surface area contributed by atoms with Crippen molar-refractivity contribution in [2.45, 2.75) is 17.4 Å². The molecule has 3 rings (SSSR count). The minimum atomic E-state index is -3.67. The standard InChI is InChI=1S/C25H22Cl2N2O6S/c1-35-25(32)20(29-23(30)17-6-3-4-9-21(17)36(2,33)34)14-15-10-12-16(13-11-15)28-24(31)22-18(26)7-5-8-19(22)27/h3-13,20H,14H2,1-2H3,(H,28,31)(H,29,30)/t20-/m0/s1. The monoisotopic (exact) mass is 548 g/mol. The number of esters is 1. The van der Waals surface area contributed by atoms with E-state index in [1.165, 1.54) is 31.4 Å². The van der Waals surface area contributed by atoms with Crippen LogP contribution in [0.5, 0.6) is 0 Å². The second-order valence-corrected chi connectivity index (χ2v) is 10.6. The molecule has 0 radical (unpaired) electrons. The Morgan fingerprint density at radius 1 is 0.889 bits per heavy atom. The van der Waals surface area contributed by atoms with Gasteiger partial charge in [-0.2, -0.15) is 0 Å². The Morgan fingerprint density at radius 2 is 1.50 bits per heavy atom. The van der Waals surface area contributed by atoms with Gasteiger partial charge in [-0.05, 0) is 42.0 Å². The number of halogens is 2. The number of methoxy groups -OCH3 is 1. The largest absolute Gasteiger partial charge is 0.467 e. The molecule has 0 heterocycles. The summed E-state index contributed by atoms with van der Waals surface area (Å²) >= 11 is 12.2. The maximum absolute atomic E-state index is 12.8. The number of carbonyl (C=O) groups is 3. The van der Waals surface area contributed by atoms with Crippen molar-refractivity contribution in [3.8, 4) is 0 Å². The Bertz CT molecular complexity index is 1390. The summed E-state index contributed by atoms with van der Waals surface area (Å²) in [5.74, 6) is -1.92. The van der Waals surface area contributed by atoms with Gasteiger partial charge in [-0.25, -0.2) is 13.2 Å². The molecule has 0 saturated carbocycles. The van der Waals surface area contributed by atoms with Crippen molar-refractivity contribution in [3.63, 3.8) is 0 Å². The molecule has 0 spiro atoms. The minimum Gasteiger partial charge on any atom is -0.467 e. The summed E-state index contributed by atoms with van der Waals surface area (Å²) in [5.41, 5.74) is 1.18. The third kappa shape index (κ3) is 6.63. The van der Waals surface area contributed by atoms with Crippen LogP contribution in [-0.4, -0.2) is 45.6 Å². The molecule has 188 valence electrons. The number of hydrogen-bond acceptors (Lipinski definition) is 6. The van der Waals surface area contributed by atoms with Crippen molar-refractivity contribution in [2.75, 3.05) is 18.7 Å². The molecule has 3 aromatic carbocycles. The van der Waals surface area contributed by atoms with Gasteiger partial charge in [-0.3, -0.25) is 9.59 Å². The summed E-state index contributed by atoms with van der Waals surface area (Å²) in [6, 6.07) is 15.9. The van der Waals surface area contributed by atoms with E-state index < -0.39 is 33.7 Å². The fraction of sp³-hybridized carbons (Fsp3) is 0.160. The van der Waals surface area contributed by atoms with E-state index in [0.29, 0.717) is 11.3 Å². The maximum atomic E-state index is 12.8. The Morgan fingerprint density at radius 3 is 2.08 bits per heavy atom. The number of nitrogens with one attached hydrogen (secondary N) is 2. The summed E-state index contributed by atoms with van der Waals surface area (Å²) in [6.45, 7) is 0. The number of amides is 2. The van der Waals surface area contributed by atoms with Crippen LogP contribution >= 0.6 is 23.2 Å². The van der Waals surface area contributed by atoms with Crippen LogP contribution in [-0.2, 0) is 25.8 Å². The number of sulfone groups is 1. The summed E-state index contributed by atoms with van der Waals surface area (Å²) in [7, 11) is -2.48. The normalized spacial score (nSPS) is 11.9. The van der Waals surface area contributed by atoms with Crippen LogP contribution in [0.25, 0.3) is 0 Å². The number of anilines is 1. The van der Waals surface area contributed by atoms with E-state index in [0.717, 1.165) is 6.26 Å². The number of rotatable bonds is 8. The molecule has 0 saturated heterocycles. The highest BCUT2D eigenvalue weighted by atomic mass is 35.5. The van der Waals surface area contributed by atoms with Crippen molar-refractivity contribution in [3.05, 3.63) is 93.5 Å². The van der Waals surface area contributed by atoms with E-state index in [4.69, 9.17) is 27.9 Å². The first-order valence-corrected chi connectivity index (χ1v) is 13.2. The van der Waals surface area contributed by atoms with E-state index in [-0.39, 0.29) is 32.5 Å². The zero-order chi connectivity index (χ0) is 26.5. The molecular weight excluding hydrogens is 527 g/mol. The van der Waals surface area contributed by atoms with Gasteiger partial charge in [-0.1, -0.05) is 53.5 Å². The Hall–Kier alpha value is -3.40. The molecule has 0 fully saturated rings. The fourth-order valence-corrected chi connectivity index (χ4v) is 4.87. The van der Waals surface area contributed by atoms with Gasteiger partial charge in [0.1, 0.15) is 6.04 Å². The van der Waals surface area contributed by atoms with Gasteiger partial charge in [0.2, 0.25) is 0 Å². The molecule has 0 aliphatic rings. The average molecular weight is 549 g/mol. The second kappa shape index (κ2) is 11.6.